The highest BCUT2D eigenvalue weighted by Crippen LogP contribution is 2.20. The van der Waals surface area contributed by atoms with Crippen LogP contribution in [0.4, 0.5) is 11.5 Å². The molecule has 1 aliphatic rings. The average molecular weight is 285 g/mol. The van der Waals surface area contributed by atoms with Gasteiger partial charge in [-0.15, -0.1) is 0 Å². The lowest BCUT2D eigenvalue weighted by atomic mass is 10.1. The second-order valence-electron chi connectivity index (χ2n) is 4.62. The zero-order chi connectivity index (χ0) is 13.7. The number of piperidine rings is 1. The lowest BCUT2D eigenvalue weighted by molar-refractivity contribution is -0.384. The number of nitrogens with zero attached hydrogens (tertiary/aromatic N) is 3. The summed E-state index contributed by atoms with van der Waals surface area (Å²) >= 11 is 5.76. The minimum absolute atomic E-state index is 0.0412. The summed E-state index contributed by atoms with van der Waals surface area (Å²) in [6, 6.07) is 2.65. The summed E-state index contributed by atoms with van der Waals surface area (Å²) in [5.74, 6) is 0.455. The predicted molar refractivity (Wildman–Crippen MR) is 74.7 cm³/mol. The minimum Gasteiger partial charge on any atom is -0.369 e. The van der Waals surface area contributed by atoms with Crippen LogP contribution in [-0.2, 0) is 0 Å². The van der Waals surface area contributed by atoms with E-state index in [-0.39, 0.29) is 10.8 Å². The van der Waals surface area contributed by atoms with Gasteiger partial charge in [0.2, 0.25) is 0 Å². The van der Waals surface area contributed by atoms with Gasteiger partial charge in [-0.1, -0.05) is 18.0 Å². The van der Waals surface area contributed by atoms with Crippen LogP contribution in [0.1, 0.15) is 19.3 Å². The fourth-order valence-electron chi connectivity index (χ4n) is 2.20. The Morgan fingerprint density at radius 3 is 2.79 bits per heavy atom. The van der Waals surface area contributed by atoms with Crippen molar-refractivity contribution in [3.8, 4) is 0 Å². The normalized spacial score (nSPS) is 16.3. The smallest absolute Gasteiger partial charge is 0.276 e. The highest BCUT2D eigenvalue weighted by molar-refractivity contribution is 6.29. The summed E-state index contributed by atoms with van der Waals surface area (Å²) in [6.45, 7) is 3.89. The first-order valence-electron chi connectivity index (χ1n) is 6.43. The van der Waals surface area contributed by atoms with Crippen LogP contribution in [0.3, 0.4) is 0 Å². The SMILES string of the molecule is O=[N+]([O-])c1cc(Cl)nc(NCCN2CCCCC2)c1. The fourth-order valence-corrected chi connectivity index (χ4v) is 2.41. The molecular formula is C12H17ClN4O2. The Kier molecular flexibility index (Phi) is 4.93. The van der Waals surface area contributed by atoms with Gasteiger partial charge in [0.25, 0.3) is 5.69 Å². The van der Waals surface area contributed by atoms with Gasteiger partial charge in [-0.2, -0.15) is 0 Å². The fraction of sp³-hybridized carbons (Fsp3) is 0.583. The van der Waals surface area contributed by atoms with Gasteiger partial charge in [0.15, 0.2) is 0 Å². The van der Waals surface area contributed by atoms with Gasteiger partial charge >= 0.3 is 0 Å². The van der Waals surface area contributed by atoms with Crippen LogP contribution in [0.25, 0.3) is 0 Å². The minimum atomic E-state index is -0.469. The van der Waals surface area contributed by atoms with E-state index in [9.17, 15) is 10.1 Å². The number of nitrogens with one attached hydrogen (secondary N) is 1. The molecule has 2 rings (SSSR count). The predicted octanol–water partition coefficient (Wildman–Crippen LogP) is 2.54. The number of halogens is 1. The summed E-state index contributed by atoms with van der Waals surface area (Å²) in [4.78, 5) is 16.7. The summed E-state index contributed by atoms with van der Waals surface area (Å²) in [6.07, 6.45) is 3.81. The maximum atomic E-state index is 10.7. The Morgan fingerprint density at radius 1 is 1.37 bits per heavy atom. The van der Waals surface area contributed by atoms with Gasteiger partial charge in [-0.3, -0.25) is 10.1 Å². The molecule has 0 radical (unpaired) electrons. The lowest BCUT2D eigenvalue weighted by Crippen LogP contribution is -2.33. The summed E-state index contributed by atoms with van der Waals surface area (Å²) < 4.78 is 0. The standard InChI is InChI=1S/C12H17ClN4O2/c13-11-8-10(17(18)19)9-12(15-11)14-4-7-16-5-2-1-3-6-16/h8-9H,1-7H2,(H,14,15). The van der Waals surface area contributed by atoms with E-state index >= 15 is 0 Å². The number of likely N-dealkylation sites (tertiary alicyclic amines) is 1. The van der Waals surface area contributed by atoms with Crippen LogP contribution in [0.5, 0.6) is 0 Å². The van der Waals surface area contributed by atoms with Crippen molar-refractivity contribution < 1.29 is 4.92 Å². The van der Waals surface area contributed by atoms with Crippen molar-refractivity contribution in [3.05, 3.63) is 27.4 Å². The van der Waals surface area contributed by atoms with E-state index in [0.29, 0.717) is 12.4 Å². The molecule has 0 aromatic carbocycles. The molecule has 1 N–H and O–H groups in total. The Balaban J connectivity index is 1.86. The van der Waals surface area contributed by atoms with Gasteiger partial charge in [0.1, 0.15) is 11.0 Å². The first-order chi connectivity index (χ1) is 9.15. The topological polar surface area (TPSA) is 71.3 Å². The molecule has 0 unspecified atom stereocenters. The van der Waals surface area contributed by atoms with Crippen molar-refractivity contribution >= 4 is 23.1 Å². The molecule has 1 saturated heterocycles. The van der Waals surface area contributed by atoms with Crippen LogP contribution in [0.15, 0.2) is 12.1 Å². The zero-order valence-electron chi connectivity index (χ0n) is 10.6. The monoisotopic (exact) mass is 284 g/mol. The van der Waals surface area contributed by atoms with E-state index in [4.69, 9.17) is 11.6 Å². The van der Waals surface area contributed by atoms with Crippen LogP contribution in [-0.4, -0.2) is 41.0 Å². The second-order valence-corrected chi connectivity index (χ2v) is 5.01. The van der Waals surface area contributed by atoms with Gasteiger partial charge in [0, 0.05) is 13.1 Å². The second kappa shape index (κ2) is 6.68. The van der Waals surface area contributed by atoms with Crippen molar-refractivity contribution in [2.75, 3.05) is 31.5 Å². The third-order valence-electron chi connectivity index (χ3n) is 3.17. The van der Waals surface area contributed by atoms with Crippen LogP contribution in [0.2, 0.25) is 5.15 Å². The third kappa shape index (κ3) is 4.33. The highest BCUT2D eigenvalue weighted by Gasteiger charge is 2.11. The molecule has 1 fully saturated rings. The number of nitro groups is 1. The maximum Gasteiger partial charge on any atom is 0.276 e. The Hall–Kier alpha value is -1.40. The molecule has 1 aliphatic heterocycles. The lowest BCUT2D eigenvalue weighted by Gasteiger charge is -2.26. The molecule has 0 atom stereocenters. The van der Waals surface area contributed by atoms with Crippen LogP contribution in [0, 0.1) is 10.1 Å². The zero-order valence-corrected chi connectivity index (χ0v) is 11.4. The molecule has 0 aliphatic carbocycles. The van der Waals surface area contributed by atoms with Gasteiger partial charge < -0.3 is 10.2 Å². The van der Waals surface area contributed by atoms with E-state index < -0.39 is 4.92 Å². The molecular weight excluding hydrogens is 268 g/mol. The largest absolute Gasteiger partial charge is 0.369 e. The molecule has 2 heterocycles. The Bertz CT molecular complexity index is 449. The van der Waals surface area contributed by atoms with Crippen molar-refractivity contribution in [2.24, 2.45) is 0 Å². The Labute approximate surface area is 116 Å². The number of rotatable bonds is 5. The van der Waals surface area contributed by atoms with Gasteiger partial charge in [-0.05, 0) is 25.9 Å². The first kappa shape index (κ1) is 14.0. The summed E-state index contributed by atoms with van der Waals surface area (Å²) in [5.41, 5.74) is -0.0412. The van der Waals surface area contributed by atoms with E-state index in [0.717, 1.165) is 19.6 Å². The average Bonchev–Trinajstić information content (AvgIpc) is 2.39. The number of hydrogen-bond donors (Lipinski definition) is 1. The molecule has 0 amide bonds. The molecule has 1 aromatic rings. The number of anilines is 1. The van der Waals surface area contributed by atoms with Crippen molar-refractivity contribution in [1.82, 2.24) is 9.88 Å². The van der Waals surface area contributed by atoms with E-state index in [2.05, 4.69) is 15.2 Å². The summed E-state index contributed by atoms with van der Waals surface area (Å²) in [7, 11) is 0. The summed E-state index contributed by atoms with van der Waals surface area (Å²) in [5, 5.41) is 13.9. The number of pyridine rings is 1. The van der Waals surface area contributed by atoms with E-state index in [1.807, 2.05) is 0 Å². The van der Waals surface area contributed by atoms with Crippen molar-refractivity contribution in [3.63, 3.8) is 0 Å². The first-order valence-corrected chi connectivity index (χ1v) is 6.81. The van der Waals surface area contributed by atoms with Crippen molar-refractivity contribution in [2.45, 2.75) is 19.3 Å². The third-order valence-corrected chi connectivity index (χ3v) is 3.37. The molecule has 6 nitrogen and oxygen atoms in total. The molecule has 7 heteroatoms. The maximum absolute atomic E-state index is 10.7. The molecule has 0 spiro atoms. The van der Waals surface area contributed by atoms with Gasteiger partial charge in [0.05, 0.1) is 17.1 Å². The van der Waals surface area contributed by atoms with Crippen LogP contribution >= 0.6 is 11.6 Å². The number of aromatic nitrogens is 1. The molecule has 1 aromatic heterocycles. The molecule has 19 heavy (non-hydrogen) atoms. The molecule has 0 bridgehead atoms. The van der Waals surface area contributed by atoms with E-state index in [1.54, 1.807) is 0 Å². The van der Waals surface area contributed by atoms with E-state index in [1.165, 1.54) is 31.4 Å². The van der Waals surface area contributed by atoms with Crippen molar-refractivity contribution in [1.29, 1.82) is 0 Å². The quantitative estimate of drug-likeness (QED) is 0.511. The molecule has 104 valence electrons. The van der Waals surface area contributed by atoms with Gasteiger partial charge in [-0.25, -0.2) is 4.98 Å². The highest BCUT2D eigenvalue weighted by atomic mass is 35.5. The Morgan fingerprint density at radius 2 is 2.11 bits per heavy atom. The number of hydrogen-bond acceptors (Lipinski definition) is 5. The van der Waals surface area contributed by atoms with Crippen LogP contribution < -0.4 is 5.32 Å². The molecule has 0 saturated carbocycles.